The summed E-state index contributed by atoms with van der Waals surface area (Å²) in [5.41, 5.74) is 6.50. The van der Waals surface area contributed by atoms with Gasteiger partial charge in [-0.05, 0) is 57.5 Å². The van der Waals surface area contributed by atoms with E-state index in [9.17, 15) is 0 Å². The summed E-state index contributed by atoms with van der Waals surface area (Å²) in [5, 5.41) is 0. The van der Waals surface area contributed by atoms with Crippen LogP contribution in [0.3, 0.4) is 0 Å². The van der Waals surface area contributed by atoms with Gasteiger partial charge in [0.2, 0.25) is 0 Å². The second-order valence-corrected chi connectivity index (χ2v) is 4.08. The minimum Gasteiger partial charge on any atom is -0.494 e. The summed E-state index contributed by atoms with van der Waals surface area (Å²) in [7, 11) is 0. The van der Waals surface area contributed by atoms with E-state index < -0.39 is 0 Å². The lowest BCUT2D eigenvalue weighted by Crippen LogP contribution is -2.08. The van der Waals surface area contributed by atoms with E-state index in [0.717, 1.165) is 23.5 Å². The number of nitrogens with two attached hydrogens (primary N) is 1. The van der Waals surface area contributed by atoms with Crippen molar-refractivity contribution in [1.82, 2.24) is 0 Å². The van der Waals surface area contributed by atoms with E-state index in [4.69, 9.17) is 15.2 Å². The van der Waals surface area contributed by atoms with Crippen molar-refractivity contribution in [2.75, 3.05) is 13.2 Å². The molecule has 16 heavy (non-hydrogen) atoms. The molecule has 0 spiro atoms. The Labute approximate surface area is 97.6 Å². The fourth-order valence-corrected chi connectivity index (χ4v) is 1.37. The van der Waals surface area contributed by atoms with E-state index in [1.165, 1.54) is 0 Å². The van der Waals surface area contributed by atoms with Crippen molar-refractivity contribution in [1.29, 1.82) is 0 Å². The first kappa shape index (κ1) is 12.8. The number of rotatable bonds is 6. The molecule has 0 aliphatic heterocycles. The first-order valence-corrected chi connectivity index (χ1v) is 5.73. The Morgan fingerprint density at radius 2 is 2.06 bits per heavy atom. The highest BCUT2D eigenvalue weighted by Crippen LogP contribution is 2.24. The van der Waals surface area contributed by atoms with Gasteiger partial charge in [0.1, 0.15) is 11.5 Å². The molecule has 1 aromatic rings. The summed E-state index contributed by atoms with van der Waals surface area (Å²) < 4.78 is 11.2. The Morgan fingerprint density at radius 3 is 2.62 bits per heavy atom. The van der Waals surface area contributed by atoms with Crippen molar-refractivity contribution >= 4 is 0 Å². The van der Waals surface area contributed by atoms with Gasteiger partial charge in [-0.15, -0.1) is 0 Å². The Kier molecular flexibility index (Phi) is 5.12. The zero-order valence-electron chi connectivity index (χ0n) is 10.3. The lowest BCUT2D eigenvalue weighted by atomic mass is 10.2. The summed E-state index contributed by atoms with van der Waals surface area (Å²) in [5.74, 6) is 1.79. The topological polar surface area (TPSA) is 44.5 Å². The third kappa shape index (κ3) is 4.11. The molecule has 90 valence electrons. The molecule has 0 aromatic heterocycles. The molecule has 1 rings (SSSR count). The molecule has 0 atom stereocenters. The van der Waals surface area contributed by atoms with Gasteiger partial charge in [0.15, 0.2) is 0 Å². The second-order valence-electron chi connectivity index (χ2n) is 4.08. The number of benzene rings is 1. The normalized spacial score (nSPS) is 10.6. The lowest BCUT2D eigenvalue weighted by molar-refractivity contribution is 0.240. The van der Waals surface area contributed by atoms with E-state index in [2.05, 4.69) is 0 Å². The fourth-order valence-electron chi connectivity index (χ4n) is 1.37. The zero-order valence-corrected chi connectivity index (χ0v) is 10.3. The van der Waals surface area contributed by atoms with Gasteiger partial charge in [-0.2, -0.15) is 0 Å². The van der Waals surface area contributed by atoms with Crippen LogP contribution < -0.4 is 15.2 Å². The molecular formula is C13H21NO2. The quantitative estimate of drug-likeness (QED) is 0.754. The highest BCUT2D eigenvalue weighted by Gasteiger charge is 2.03. The molecule has 0 unspecified atom stereocenters. The van der Waals surface area contributed by atoms with E-state index in [0.29, 0.717) is 13.2 Å². The minimum absolute atomic E-state index is 0.197. The molecule has 0 amide bonds. The van der Waals surface area contributed by atoms with Crippen molar-refractivity contribution in [2.24, 2.45) is 5.73 Å². The molecule has 0 fully saturated rings. The van der Waals surface area contributed by atoms with Gasteiger partial charge in [0.25, 0.3) is 0 Å². The Hall–Kier alpha value is -1.22. The van der Waals surface area contributed by atoms with Gasteiger partial charge >= 0.3 is 0 Å². The Bertz CT molecular complexity index is 324. The smallest absolute Gasteiger partial charge is 0.122 e. The highest BCUT2D eigenvalue weighted by molar-refractivity contribution is 5.39. The maximum Gasteiger partial charge on any atom is 0.122 e. The molecule has 3 nitrogen and oxygen atoms in total. The average molecular weight is 223 g/mol. The minimum atomic E-state index is 0.197. The summed E-state index contributed by atoms with van der Waals surface area (Å²) in [4.78, 5) is 0. The van der Waals surface area contributed by atoms with E-state index in [-0.39, 0.29) is 6.10 Å². The first-order valence-electron chi connectivity index (χ1n) is 5.73. The second kappa shape index (κ2) is 6.38. The third-order valence-corrected chi connectivity index (χ3v) is 2.13. The third-order valence-electron chi connectivity index (χ3n) is 2.13. The number of ether oxygens (including phenoxy) is 2. The van der Waals surface area contributed by atoms with Crippen molar-refractivity contribution in [3.05, 3.63) is 23.8 Å². The predicted octanol–water partition coefficient (Wildman–Crippen LogP) is 2.51. The van der Waals surface area contributed by atoms with Crippen LogP contribution in [-0.2, 0) is 0 Å². The van der Waals surface area contributed by atoms with Crippen molar-refractivity contribution in [3.8, 4) is 11.5 Å². The lowest BCUT2D eigenvalue weighted by Gasteiger charge is -2.13. The molecule has 0 heterocycles. The van der Waals surface area contributed by atoms with Gasteiger partial charge in [-0.3, -0.25) is 0 Å². The van der Waals surface area contributed by atoms with Crippen LogP contribution in [0.15, 0.2) is 18.2 Å². The molecule has 0 saturated heterocycles. The number of hydrogen-bond donors (Lipinski definition) is 1. The monoisotopic (exact) mass is 223 g/mol. The molecule has 0 saturated carbocycles. The van der Waals surface area contributed by atoms with E-state index in [1.54, 1.807) is 0 Å². The summed E-state index contributed by atoms with van der Waals surface area (Å²) >= 11 is 0. The molecule has 0 radical (unpaired) electrons. The molecule has 3 heteroatoms. The maximum absolute atomic E-state index is 5.65. The van der Waals surface area contributed by atoms with Crippen LogP contribution in [0.2, 0.25) is 0 Å². The van der Waals surface area contributed by atoms with Gasteiger partial charge in [-0.25, -0.2) is 0 Å². The molecule has 0 bridgehead atoms. The summed E-state index contributed by atoms with van der Waals surface area (Å²) in [6.07, 6.45) is 1.08. The largest absolute Gasteiger partial charge is 0.494 e. The van der Waals surface area contributed by atoms with Crippen molar-refractivity contribution in [3.63, 3.8) is 0 Å². The SMILES string of the molecule is Cc1cc(OCCCN)ccc1OC(C)C. The number of hydrogen-bond acceptors (Lipinski definition) is 3. The van der Waals surface area contributed by atoms with Crippen molar-refractivity contribution < 1.29 is 9.47 Å². The van der Waals surface area contributed by atoms with Crippen LogP contribution in [0, 0.1) is 6.92 Å². The van der Waals surface area contributed by atoms with E-state index in [1.807, 2.05) is 39.0 Å². The predicted molar refractivity (Wildman–Crippen MR) is 66.1 cm³/mol. The van der Waals surface area contributed by atoms with Crippen LogP contribution in [0.25, 0.3) is 0 Å². The first-order chi connectivity index (χ1) is 7.63. The van der Waals surface area contributed by atoms with Crippen LogP contribution in [0.5, 0.6) is 11.5 Å². The van der Waals surface area contributed by atoms with E-state index >= 15 is 0 Å². The van der Waals surface area contributed by atoms with Crippen LogP contribution >= 0.6 is 0 Å². The Morgan fingerprint density at radius 1 is 1.31 bits per heavy atom. The molecule has 0 aliphatic rings. The van der Waals surface area contributed by atoms with Gasteiger partial charge < -0.3 is 15.2 Å². The van der Waals surface area contributed by atoms with Crippen LogP contribution in [0.4, 0.5) is 0 Å². The summed E-state index contributed by atoms with van der Waals surface area (Å²) in [6, 6.07) is 5.88. The van der Waals surface area contributed by atoms with Crippen LogP contribution in [-0.4, -0.2) is 19.3 Å². The van der Waals surface area contributed by atoms with Gasteiger partial charge in [-0.1, -0.05) is 0 Å². The highest BCUT2D eigenvalue weighted by atomic mass is 16.5. The zero-order chi connectivity index (χ0) is 12.0. The fraction of sp³-hybridized carbons (Fsp3) is 0.538. The average Bonchev–Trinajstić information content (AvgIpc) is 2.22. The Balaban J connectivity index is 2.60. The summed E-state index contributed by atoms with van der Waals surface area (Å²) in [6.45, 7) is 7.39. The van der Waals surface area contributed by atoms with Gasteiger partial charge in [0.05, 0.1) is 12.7 Å². The molecular weight excluding hydrogens is 202 g/mol. The van der Waals surface area contributed by atoms with Gasteiger partial charge in [0, 0.05) is 0 Å². The molecule has 2 N–H and O–H groups in total. The van der Waals surface area contributed by atoms with Crippen molar-refractivity contribution in [2.45, 2.75) is 33.3 Å². The molecule has 1 aromatic carbocycles. The van der Waals surface area contributed by atoms with Crippen LogP contribution in [0.1, 0.15) is 25.8 Å². The molecule has 0 aliphatic carbocycles. The standard InChI is InChI=1S/C13H21NO2/c1-10(2)16-13-6-5-12(9-11(13)3)15-8-4-7-14/h5-6,9-10H,4,7-8,14H2,1-3H3. The number of aryl methyl sites for hydroxylation is 1. The maximum atomic E-state index is 5.65.